The number of nitrogens with zero attached hydrogens (tertiary/aromatic N) is 2. The van der Waals surface area contributed by atoms with E-state index in [0.29, 0.717) is 0 Å². The minimum absolute atomic E-state index is 0.0261. The van der Waals surface area contributed by atoms with Crippen molar-refractivity contribution in [2.24, 2.45) is 0 Å². The second-order valence-corrected chi connectivity index (χ2v) is 50.2. The van der Waals surface area contributed by atoms with Crippen LogP contribution in [0.1, 0.15) is 363 Å². The fourth-order valence-electron chi connectivity index (χ4n) is 21.4. The summed E-state index contributed by atoms with van der Waals surface area (Å²) in [6, 6.07) is 118. The Labute approximate surface area is 920 Å². The highest BCUT2D eigenvalue weighted by atomic mass is 79.9. The van der Waals surface area contributed by atoms with Crippen LogP contribution in [0.5, 0.6) is 0 Å². The van der Waals surface area contributed by atoms with Gasteiger partial charge in [-0.05, 0) is 313 Å². The van der Waals surface area contributed by atoms with Gasteiger partial charge in [0.15, 0.2) is 0 Å². The number of aliphatic hydroxyl groups is 2. The second-order valence-electron chi connectivity index (χ2n) is 47.5. The van der Waals surface area contributed by atoms with Crippen LogP contribution in [0, 0.1) is 0 Å². The molecule has 0 bridgehead atoms. The van der Waals surface area contributed by atoms with Crippen molar-refractivity contribution in [3.63, 3.8) is 0 Å². The molecule has 148 heavy (non-hydrogen) atoms. The molecule has 0 saturated heterocycles. The van der Waals surface area contributed by atoms with Gasteiger partial charge in [-0.1, -0.05) is 518 Å². The summed E-state index contributed by atoms with van der Waals surface area (Å²) < 4.78 is 3.63. The molecule has 14 aromatic carbocycles. The van der Waals surface area contributed by atoms with E-state index < -0.39 is 11.2 Å². The SMILES string of the molecule is CC(C)(O)C(C)(C)O.CCCCCCCCC1(CCCCCCCC)c2cc(Br)ccc2-c2ccc(-c3ccc(N(c4ccc(-c5ccc(C(C)(C)C)cc5)cc4)c4ccc(-c5ccc(C(C)(C)C)cc5)cc4)cc3)cc21.CCCCCCCCC1(CCCCCCCC)c2cc(Br)ccc2-c2ccc(Br)cc21.[B]c1ccc(N(c2ccc(-c3ccc(C(C)(C)C)cc3)cc2)c2ccc(-c3ccc(C(C)(C)C)cc3)cc2)cc1. The lowest BCUT2D eigenvalue weighted by molar-refractivity contribution is -0.107. The number of hydrogen-bond donors (Lipinski definition) is 2. The molecule has 0 aliphatic heterocycles. The van der Waals surface area contributed by atoms with E-state index in [9.17, 15) is 0 Å². The zero-order chi connectivity index (χ0) is 106. The lowest BCUT2D eigenvalue weighted by Gasteiger charge is -2.33. The minimum Gasteiger partial charge on any atom is -0.387 e. The Morgan fingerprint density at radius 2 is 0.378 bits per heavy atom. The first-order valence-electron chi connectivity index (χ1n) is 56.1. The normalized spacial score (nSPS) is 13.0. The first-order valence-corrected chi connectivity index (χ1v) is 58.4. The Hall–Kier alpha value is -9.90. The molecule has 14 aromatic rings. The van der Waals surface area contributed by atoms with E-state index >= 15 is 0 Å². The molecular weight excluding hydrogens is 1990 g/mol. The first-order chi connectivity index (χ1) is 70.6. The number of unbranched alkanes of at least 4 members (excludes halogenated alkanes) is 20. The Balaban J connectivity index is 0.000000194. The largest absolute Gasteiger partial charge is 0.387 e. The molecule has 776 valence electrons. The molecule has 8 heteroatoms. The highest BCUT2D eigenvalue weighted by molar-refractivity contribution is 9.11. The maximum atomic E-state index is 9.10. The van der Waals surface area contributed by atoms with Gasteiger partial charge in [0.25, 0.3) is 0 Å². The van der Waals surface area contributed by atoms with Crippen molar-refractivity contribution >= 4 is 95.2 Å². The summed E-state index contributed by atoms with van der Waals surface area (Å²) in [4.78, 5) is 4.68. The van der Waals surface area contributed by atoms with Crippen LogP contribution >= 0.6 is 47.8 Å². The summed E-state index contributed by atoms with van der Waals surface area (Å²) in [7, 11) is 6.03. The van der Waals surface area contributed by atoms with Gasteiger partial charge in [-0.15, -0.1) is 0 Å². The van der Waals surface area contributed by atoms with Crippen LogP contribution in [0.15, 0.2) is 329 Å². The zero-order valence-electron chi connectivity index (χ0n) is 93.3. The third-order valence-corrected chi connectivity index (χ3v) is 32.9. The topological polar surface area (TPSA) is 46.9 Å². The predicted molar refractivity (Wildman–Crippen MR) is 656 cm³/mol. The predicted octanol–water partition coefficient (Wildman–Crippen LogP) is 42.7. The quantitative estimate of drug-likeness (QED) is 0.0297. The van der Waals surface area contributed by atoms with Gasteiger partial charge in [0.2, 0.25) is 0 Å². The van der Waals surface area contributed by atoms with Crippen LogP contribution in [0.4, 0.5) is 34.1 Å². The van der Waals surface area contributed by atoms with Crippen molar-refractivity contribution in [1.82, 2.24) is 0 Å². The van der Waals surface area contributed by atoms with Gasteiger partial charge in [0.1, 0.15) is 7.85 Å². The van der Waals surface area contributed by atoms with E-state index in [1.165, 1.54) is 299 Å². The van der Waals surface area contributed by atoms with Crippen molar-refractivity contribution in [1.29, 1.82) is 0 Å². The average molecular weight is 2160 g/mol. The van der Waals surface area contributed by atoms with E-state index in [-0.39, 0.29) is 32.5 Å². The highest BCUT2D eigenvalue weighted by Gasteiger charge is 2.45. The standard InChI is InChI=1S/C67H78BrN.C38H38BN.C29H40Br2.C6H14O2/c1-9-11-13-15-17-19-45-67(46-20-18-16-14-12-10-2)63-47-54(31-43-61(63)62-44-36-57(68)48-64(62)67)53-29-41-60(42-30-53)69(58-37-25-51(26-38-58)49-21-32-55(33-22-49)65(3,4)5)59-39-27-52(28-40-59)50-23-34-56(35-24-50)66(6,7)8;1-37(2,3)31-15-7-27(8-16-31)29-11-21-34(22-12-29)40(36-25-19-33(39)20-26-36)35-23-13-30(14-24-35)28-9-17-32(18-10-28)38(4,5)6;1-3-5-7-9-11-13-19-29(20-14-12-10-8-6-4-2)27-21-23(30)15-17-25(27)26-18-16-24(31)22-28(26)29;1-5(2,7)6(3,4)8/h21-44,47-48H,9-20,45-46H2,1-8H3;7-26H,1-6H3;15-18,21-22H,3-14,19-20H2,1-2H3;7-8H,1-4H3. The summed E-state index contributed by atoms with van der Waals surface area (Å²) in [5, 5.41) is 18.2. The van der Waals surface area contributed by atoms with Crippen LogP contribution in [-0.4, -0.2) is 29.3 Å². The van der Waals surface area contributed by atoms with E-state index in [2.05, 4.69) is 472 Å². The van der Waals surface area contributed by atoms with Crippen LogP contribution < -0.4 is 15.3 Å². The molecule has 2 N–H and O–H groups in total. The third kappa shape index (κ3) is 30.1. The molecule has 0 saturated carbocycles. The number of hydrogen-bond acceptors (Lipinski definition) is 4. The number of anilines is 6. The van der Waals surface area contributed by atoms with E-state index in [4.69, 9.17) is 18.1 Å². The Kier molecular flexibility index (Phi) is 40.8. The van der Waals surface area contributed by atoms with Crippen LogP contribution in [-0.2, 0) is 32.5 Å². The molecule has 0 atom stereocenters. The number of fused-ring (bicyclic) bond motifs is 6. The van der Waals surface area contributed by atoms with Gasteiger partial charge >= 0.3 is 0 Å². The van der Waals surface area contributed by atoms with E-state index in [1.54, 1.807) is 44.4 Å². The maximum absolute atomic E-state index is 9.10. The van der Waals surface area contributed by atoms with Crippen molar-refractivity contribution in [2.75, 3.05) is 9.80 Å². The Morgan fingerprint density at radius 1 is 0.209 bits per heavy atom. The summed E-state index contributed by atoms with van der Waals surface area (Å²) in [5.41, 5.74) is 35.9. The minimum atomic E-state index is -1.01. The van der Waals surface area contributed by atoms with Gasteiger partial charge < -0.3 is 20.0 Å². The van der Waals surface area contributed by atoms with Crippen molar-refractivity contribution in [3.05, 3.63) is 373 Å². The zero-order valence-corrected chi connectivity index (χ0v) is 98.1. The second kappa shape index (κ2) is 52.4. The molecule has 2 aliphatic rings. The fraction of sp³-hybridized carbons (Fsp3) is 0.400. The van der Waals surface area contributed by atoms with Gasteiger partial charge in [-0.3, -0.25) is 0 Å². The molecule has 2 aliphatic carbocycles. The van der Waals surface area contributed by atoms with Crippen LogP contribution in [0.2, 0.25) is 0 Å². The van der Waals surface area contributed by atoms with Gasteiger partial charge in [-0.25, -0.2) is 0 Å². The molecule has 0 heterocycles. The summed E-state index contributed by atoms with van der Waals surface area (Å²) in [6.45, 7) is 42.7. The lowest BCUT2D eigenvalue weighted by atomic mass is 9.70. The lowest BCUT2D eigenvalue weighted by Crippen LogP contribution is -2.44. The molecular formula is C140H170BBr3N2O2. The fourth-order valence-corrected chi connectivity index (χ4v) is 22.5. The number of halogens is 3. The summed E-state index contributed by atoms with van der Waals surface area (Å²) in [6.07, 6.45) is 37.2. The van der Waals surface area contributed by atoms with Gasteiger partial charge in [-0.2, -0.15) is 0 Å². The van der Waals surface area contributed by atoms with Crippen molar-refractivity contribution in [3.8, 4) is 77.9 Å². The van der Waals surface area contributed by atoms with Crippen LogP contribution in [0.3, 0.4) is 0 Å². The summed E-state index contributed by atoms with van der Waals surface area (Å²) in [5.74, 6) is 0. The Morgan fingerprint density at radius 3 is 0.581 bits per heavy atom. The van der Waals surface area contributed by atoms with Gasteiger partial charge in [0, 0.05) is 58.4 Å². The molecule has 0 unspecified atom stereocenters. The molecule has 0 fully saturated rings. The molecule has 2 radical (unpaired) electrons. The molecule has 0 aromatic heterocycles. The first kappa shape index (κ1) is 115. The highest BCUT2D eigenvalue weighted by Crippen LogP contribution is 2.58. The van der Waals surface area contributed by atoms with E-state index in [1.807, 2.05) is 12.1 Å². The molecule has 0 amide bonds. The summed E-state index contributed by atoms with van der Waals surface area (Å²) >= 11 is 11.5. The maximum Gasteiger partial charge on any atom is 0.113 e. The number of benzene rings is 14. The monoisotopic (exact) mass is 2160 g/mol. The van der Waals surface area contributed by atoms with Crippen LogP contribution in [0.25, 0.3) is 77.9 Å². The van der Waals surface area contributed by atoms with Crippen molar-refractivity contribution < 1.29 is 10.2 Å². The number of rotatable bonds is 40. The molecule has 16 rings (SSSR count). The smallest absolute Gasteiger partial charge is 0.113 e. The molecule has 0 spiro atoms. The van der Waals surface area contributed by atoms with Gasteiger partial charge in [0.05, 0.1) is 11.2 Å². The van der Waals surface area contributed by atoms with Crippen molar-refractivity contribution in [2.45, 2.75) is 362 Å². The molecule has 4 nitrogen and oxygen atoms in total. The Bertz CT molecular complexity index is 6180. The average Bonchev–Trinajstić information content (AvgIpc) is 1.56. The third-order valence-electron chi connectivity index (χ3n) is 31.4. The van der Waals surface area contributed by atoms with E-state index in [0.717, 1.165) is 39.6 Å².